The molecule has 0 spiro atoms. The van der Waals surface area contributed by atoms with Crippen LogP contribution in [0.5, 0.6) is 0 Å². The molecule has 0 unspecified atom stereocenters. The lowest BCUT2D eigenvalue weighted by Gasteiger charge is -2.14. The van der Waals surface area contributed by atoms with Gasteiger partial charge >= 0.3 is 6.18 Å². The highest BCUT2D eigenvalue weighted by molar-refractivity contribution is 7.80. The van der Waals surface area contributed by atoms with Gasteiger partial charge in [-0.15, -0.1) is 0 Å². The van der Waals surface area contributed by atoms with E-state index in [-0.39, 0.29) is 10.8 Å². The fourth-order valence-corrected chi connectivity index (χ4v) is 2.43. The Morgan fingerprint density at radius 1 is 1.15 bits per heavy atom. The molecule has 0 bridgehead atoms. The zero-order chi connectivity index (χ0) is 19.9. The summed E-state index contributed by atoms with van der Waals surface area (Å²) in [6.07, 6.45) is -2.99. The van der Waals surface area contributed by atoms with E-state index < -0.39 is 22.4 Å². The van der Waals surface area contributed by atoms with Gasteiger partial charge < -0.3 is 5.32 Å². The Morgan fingerprint density at radius 3 is 2.48 bits per heavy atom. The van der Waals surface area contributed by atoms with Crippen LogP contribution in [-0.4, -0.2) is 16.6 Å². The summed E-state index contributed by atoms with van der Waals surface area (Å²) in [4.78, 5) is 10.1. The van der Waals surface area contributed by atoms with Crippen molar-refractivity contribution in [2.24, 2.45) is 0 Å². The van der Waals surface area contributed by atoms with Crippen molar-refractivity contribution in [3.63, 3.8) is 0 Å². The molecule has 2 aromatic carbocycles. The van der Waals surface area contributed by atoms with Gasteiger partial charge in [0, 0.05) is 12.6 Å². The van der Waals surface area contributed by atoms with Gasteiger partial charge in [-0.1, -0.05) is 30.3 Å². The van der Waals surface area contributed by atoms with E-state index in [9.17, 15) is 23.3 Å². The highest BCUT2D eigenvalue weighted by Gasteiger charge is 2.33. The molecular weight excluding hydrogens is 381 g/mol. The number of hydrazine groups is 1. The normalized spacial score (nSPS) is 10.9. The second kappa shape index (κ2) is 9.17. The minimum absolute atomic E-state index is 0.124. The molecule has 2 aromatic rings. The van der Waals surface area contributed by atoms with Crippen LogP contribution in [0, 0.1) is 10.1 Å². The maximum Gasteiger partial charge on any atom is 0.416 e. The van der Waals surface area contributed by atoms with Gasteiger partial charge in [-0.05, 0) is 42.8 Å². The molecule has 6 nitrogen and oxygen atoms in total. The number of hydrogen-bond acceptors (Lipinski definition) is 4. The number of benzene rings is 2. The first-order valence-corrected chi connectivity index (χ1v) is 8.37. The topological polar surface area (TPSA) is 79.2 Å². The Hall–Kier alpha value is -2.88. The van der Waals surface area contributed by atoms with Gasteiger partial charge in [0.2, 0.25) is 0 Å². The molecule has 0 atom stereocenters. The van der Waals surface area contributed by atoms with Crippen LogP contribution < -0.4 is 16.2 Å². The summed E-state index contributed by atoms with van der Waals surface area (Å²) in [5.74, 6) is 0. The molecule has 0 aliphatic heterocycles. The molecule has 0 fully saturated rings. The van der Waals surface area contributed by atoms with Gasteiger partial charge in [0.25, 0.3) is 5.69 Å². The largest absolute Gasteiger partial charge is 0.416 e. The highest BCUT2D eigenvalue weighted by atomic mass is 32.1. The number of nitro groups is 1. The highest BCUT2D eigenvalue weighted by Crippen LogP contribution is 2.34. The van der Waals surface area contributed by atoms with Gasteiger partial charge in [-0.2, -0.15) is 13.2 Å². The number of hydrogen-bond donors (Lipinski definition) is 3. The first kappa shape index (κ1) is 20.4. The van der Waals surface area contributed by atoms with Gasteiger partial charge in [-0.25, -0.2) is 0 Å². The molecule has 0 aliphatic carbocycles. The predicted molar refractivity (Wildman–Crippen MR) is 100 cm³/mol. The third-order valence-electron chi connectivity index (χ3n) is 3.60. The maximum absolute atomic E-state index is 12.7. The number of rotatable bonds is 7. The van der Waals surface area contributed by atoms with Gasteiger partial charge in [-0.3, -0.25) is 21.0 Å². The fraction of sp³-hybridized carbons (Fsp3) is 0.235. The van der Waals surface area contributed by atoms with Crippen molar-refractivity contribution in [3.8, 4) is 0 Å². The fourth-order valence-electron chi connectivity index (χ4n) is 2.27. The van der Waals surface area contributed by atoms with Crippen LogP contribution in [0.3, 0.4) is 0 Å². The first-order valence-electron chi connectivity index (χ1n) is 7.97. The van der Waals surface area contributed by atoms with Crippen molar-refractivity contribution in [2.45, 2.75) is 19.0 Å². The lowest BCUT2D eigenvalue weighted by atomic mass is 10.1. The number of halogens is 3. The minimum atomic E-state index is -4.66. The summed E-state index contributed by atoms with van der Waals surface area (Å²) in [6, 6.07) is 12.1. The average molecular weight is 398 g/mol. The van der Waals surface area contributed by atoms with E-state index in [0.29, 0.717) is 12.6 Å². The van der Waals surface area contributed by atoms with E-state index in [4.69, 9.17) is 12.2 Å². The number of aryl methyl sites for hydroxylation is 1. The Morgan fingerprint density at radius 2 is 1.85 bits per heavy atom. The molecule has 0 saturated carbocycles. The van der Waals surface area contributed by atoms with Crippen LogP contribution in [0.15, 0.2) is 48.5 Å². The maximum atomic E-state index is 12.7. The van der Waals surface area contributed by atoms with E-state index in [0.717, 1.165) is 25.0 Å². The molecule has 0 aromatic heterocycles. The van der Waals surface area contributed by atoms with Crippen molar-refractivity contribution in [1.29, 1.82) is 0 Å². The number of anilines is 1. The summed E-state index contributed by atoms with van der Waals surface area (Å²) < 4.78 is 38.0. The molecule has 2 rings (SSSR count). The molecular formula is C17H17F3N4O2S. The van der Waals surface area contributed by atoms with Crippen molar-refractivity contribution in [2.75, 3.05) is 12.0 Å². The number of nitrogens with one attached hydrogen (secondary N) is 3. The van der Waals surface area contributed by atoms with E-state index in [1.165, 1.54) is 5.56 Å². The van der Waals surface area contributed by atoms with Crippen LogP contribution in [-0.2, 0) is 12.6 Å². The third kappa shape index (κ3) is 6.41. The Kier molecular flexibility index (Phi) is 6.94. The third-order valence-corrected chi connectivity index (χ3v) is 3.85. The van der Waals surface area contributed by atoms with Crippen LogP contribution in [0.1, 0.15) is 17.5 Å². The van der Waals surface area contributed by atoms with Crippen LogP contribution >= 0.6 is 12.2 Å². The second-order valence-electron chi connectivity index (χ2n) is 5.58. The quantitative estimate of drug-likeness (QED) is 0.283. The molecule has 10 heteroatoms. The standard InChI is InChI=1S/C17H17F3N4O2S/c18-17(19,20)13-8-9-14(15(11-13)24(25)26)22-23-16(27)21-10-4-7-12-5-2-1-3-6-12/h1-3,5-6,8-9,11,22H,4,7,10H2,(H2,21,23,27). The molecule has 0 radical (unpaired) electrons. The molecule has 27 heavy (non-hydrogen) atoms. The van der Waals surface area contributed by atoms with Gasteiger partial charge in [0.05, 0.1) is 10.5 Å². The predicted octanol–water partition coefficient (Wildman–Crippen LogP) is 4.04. The van der Waals surface area contributed by atoms with Crippen LogP contribution in [0.2, 0.25) is 0 Å². The number of thiocarbonyl (C=S) groups is 1. The van der Waals surface area contributed by atoms with Gasteiger partial charge in [0.1, 0.15) is 5.69 Å². The summed E-state index contributed by atoms with van der Waals surface area (Å²) in [6.45, 7) is 0.567. The zero-order valence-corrected chi connectivity index (χ0v) is 14.9. The van der Waals surface area contributed by atoms with Crippen LogP contribution in [0.25, 0.3) is 0 Å². The molecule has 0 heterocycles. The molecule has 0 saturated heterocycles. The minimum Gasteiger partial charge on any atom is -0.361 e. The average Bonchev–Trinajstić information content (AvgIpc) is 2.63. The first-order chi connectivity index (χ1) is 12.8. The summed E-state index contributed by atoms with van der Waals surface area (Å²) in [7, 11) is 0. The molecule has 3 N–H and O–H groups in total. The number of alkyl halides is 3. The molecule has 0 amide bonds. The molecule has 0 aliphatic rings. The van der Waals surface area contributed by atoms with Crippen LogP contribution in [0.4, 0.5) is 24.5 Å². The van der Waals surface area contributed by atoms with E-state index in [2.05, 4.69) is 16.2 Å². The van der Waals surface area contributed by atoms with E-state index in [1.807, 2.05) is 30.3 Å². The summed E-state index contributed by atoms with van der Waals surface area (Å²) in [5.41, 5.74) is 4.27. The van der Waals surface area contributed by atoms with Crippen molar-refractivity contribution >= 4 is 28.7 Å². The lowest BCUT2D eigenvalue weighted by molar-refractivity contribution is -0.384. The summed E-state index contributed by atoms with van der Waals surface area (Å²) in [5, 5.41) is 14.1. The van der Waals surface area contributed by atoms with Gasteiger partial charge in [0.15, 0.2) is 5.11 Å². The van der Waals surface area contributed by atoms with Crippen molar-refractivity contribution in [1.82, 2.24) is 10.7 Å². The summed E-state index contributed by atoms with van der Waals surface area (Å²) >= 11 is 5.04. The SMILES string of the molecule is O=[N+]([O-])c1cc(C(F)(F)F)ccc1NNC(=S)NCCCc1ccccc1. The zero-order valence-electron chi connectivity index (χ0n) is 14.0. The Labute approximate surface area is 158 Å². The smallest absolute Gasteiger partial charge is 0.361 e. The number of nitrogens with zero attached hydrogens (tertiary/aromatic N) is 1. The Bertz CT molecular complexity index is 801. The monoisotopic (exact) mass is 398 g/mol. The second-order valence-corrected chi connectivity index (χ2v) is 5.99. The van der Waals surface area contributed by atoms with E-state index >= 15 is 0 Å². The van der Waals surface area contributed by atoms with E-state index in [1.54, 1.807) is 0 Å². The van der Waals surface area contributed by atoms with Crippen molar-refractivity contribution < 1.29 is 18.1 Å². The lowest BCUT2D eigenvalue weighted by Crippen LogP contribution is -2.39. The Balaban J connectivity index is 1.84. The molecule has 144 valence electrons. The van der Waals surface area contributed by atoms with Crippen molar-refractivity contribution in [3.05, 3.63) is 69.8 Å². The number of nitro benzene ring substituents is 1.